The number of hydrogen-bond donors (Lipinski definition) is 3. The maximum absolute atomic E-state index is 11.7. The lowest BCUT2D eigenvalue weighted by Gasteiger charge is -2.22. The van der Waals surface area contributed by atoms with Crippen LogP contribution in [0.2, 0.25) is 0 Å². The molecule has 0 aliphatic carbocycles. The summed E-state index contributed by atoms with van der Waals surface area (Å²) in [5.74, 6) is -0.216. The Morgan fingerprint density at radius 1 is 1.24 bits per heavy atom. The molecule has 0 aromatic rings. The van der Waals surface area contributed by atoms with Crippen LogP contribution < -0.4 is 16.4 Å². The van der Waals surface area contributed by atoms with Crippen molar-refractivity contribution in [3.05, 3.63) is 0 Å². The molecule has 0 rings (SSSR count). The molecule has 0 aliphatic heterocycles. The highest BCUT2D eigenvalue weighted by atomic mass is 16.2. The van der Waals surface area contributed by atoms with Crippen LogP contribution in [0.1, 0.15) is 40.5 Å². The van der Waals surface area contributed by atoms with E-state index in [9.17, 15) is 9.59 Å². The molecule has 4 N–H and O–H groups in total. The molecular formula is C12H25N3O2. The van der Waals surface area contributed by atoms with Crippen LogP contribution in [0, 0.1) is 5.92 Å². The second-order valence-electron chi connectivity index (χ2n) is 4.87. The minimum atomic E-state index is -0.823. The predicted molar refractivity (Wildman–Crippen MR) is 68.4 cm³/mol. The number of carbonyl (C=O) groups is 2. The Balaban J connectivity index is 3.82. The molecule has 0 heterocycles. The summed E-state index contributed by atoms with van der Waals surface area (Å²) in [7, 11) is 0. The monoisotopic (exact) mass is 243 g/mol. The third-order valence-electron chi connectivity index (χ3n) is 2.52. The van der Waals surface area contributed by atoms with Crippen molar-refractivity contribution in [2.45, 2.75) is 46.1 Å². The van der Waals surface area contributed by atoms with Crippen molar-refractivity contribution in [1.82, 2.24) is 10.6 Å². The Kier molecular flexibility index (Phi) is 6.80. The highest BCUT2D eigenvalue weighted by Gasteiger charge is 2.26. The molecule has 1 atom stereocenters. The first-order valence-electron chi connectivity index (χ1n) is 6.16. The summed E-state index contributed by atoms with van der Waals surface area (Å²) in [6.45, 7) is 8.21. The second-order valence-corrected chi connectivity index (χ2v) is 4.87. The summed E-state index contributed by atoms with van der Waals surface area (Å²) in [5.41, 5.74) is 5.04. The number of nitrogens with two attached hydrogens (primary N) is 1. The standard InChI is InChI=1S/C12H25N3O2/c1-5-6-12(4,13)11(17)15-8-7-14-10(16)9(2)3/h9H,5-8,13H2,1-4H3,(H,14,16)(H,15,17). The van der Waals surface area contributed by atoms with Gasteiger partial charge in [0.15, 0.2) is 0 Å². The van der Waals surface area contributed by atoms with E-state index in [1.54, 1.807) is 6.92 Å². The summed E-state index contributed by atoms with van der Waals surface area (Å²) in [6, 6.07) is 0. The largest absolute Gasteiger partial charge is 0.354 e. The van der Waals surface area contributed by atoms with Gasteiger partial charge in [-0.25, -0.2) is 0 Å². The predicted octanol–water partition coefficient (Wildman–Crippen LogP) is 0.392. The van der Waals surface area contributed by atoms with Gasteiger partial charge in [-0.15, -0.1) is 0 Å². The Bertz CT molecular complexity index is 262. The maximum Gasteiger partial charge on any atom is 0.239 e. The zero-order valence-corrected chi connectivity index (χ0v) is 11.3. The number of nitrogens with one attached hydrogen (secondary N) is 2. The molecular weight excluding hydrogens is 218 g/mol. The van der Waals surface area contributed by atoms with Crippen molar-refractivity contribution in [2.75, 3.05) is 13.1 Å². The average Bonchev–Trinajstić information content (AvgIpc) is 2.23. The fourth-order valence-electron chi connectivity index (χ4n) is 1.40. The number of amides is 2. The van der Waals surface area contributed by atoms with E-state index < -0.39 is 5.54 Å². The topological polar surface area (TPSA) is 84.2 Å². The molecule has 0 saturated carbocycles. The normalized spacial score (nSPS) is 14.2. The third-order valence-corrected chi connectivity index (χ3v) is 2.52. The summed E-state index contributed by atoms with van der Waals surface area (Å²) in [6.07, 6.45) is 1.52. The zero-order valence-electron chi connectivity index (χ0n) is 11.3. The molecule has 0 bridgehead atoms. The molecule has 1 unspecified atom stereocenters. The molecule has 0 radical (unpaired) electrons. The van der Waals surface area contributed by atoms with Gasteiger partial charge in [-0.1, -0.05) is 27.2 Å². The summed E-state index contributed by atoms with van der Waals surface area (Å²) < 4.78 is 0. The number of carbonyl (C=O) groups excluding carboxylic acids is 2. The Morgan fingerprint density at radius 3 is 2.24 bits per heavy atom. The van der Waals surface area contributed by atoms with Crippen molar-refractivity contribution in [3.63, 3.8) is 0 Å². The van der Waals surface area contributed by atoms with E-state index in [0.717, 1.165) is 6.42 Å². The van der Waals surface area contributed by atoms with Gasteiger partial charge in [0.25, 0.3) is 0 Å². The average molecular weight is 243 g/mol. The minimum absolute atomic E-state index is 0.0108. The Labute approximate surface area is 104 Å². The van der Waals surface area contributed by atoms with Gasteiger partial charge in [0, 0.05) is 19.0 Å². The van der Waals surface area contributed by atoms with Gasteiger partial charge in [-0.2, -0.15) is 0 Å². The summed E-state index contributed by atoms with van der Waals surface area (Å²) in [4.78, 5) is 22.9. The smallest absolute Gasteiger partial charge is 0.239 e. The molecule has 0 aliphatic rings. The number of hydrogen-bond acceptors (Lipinski definition) is 3. The van der Waals surface area contributed by atoms with E-state index in [-0.39, 0.29) is 17.7 Å². The highest BCUT2D eigenvalue weighted by molar-refractivity contribution is 5.85. The van der Waals surface area contributed by atoms with Gasteiger partial charge < -0.3 is 16.4 Å². The van der Waals surface area contributed by atoms with Gasteiger partial charge in [0.05, 0.1) is 5.54 Å². The van der Waals surface area contributed by atoms with Crippen LogP contribution in [-0.2, 0) is 9.59 Å². The summed E-state index contributed by atoms with van der Waals surface area (Å²) >= 11 is 0. The Morgan fingerprint density at radius 2 is 1.76 bits per heavy atom. The third kappa shape index (κ3) is 6.26. The molecule has 17 heavy (non-hydrogen) atoms. The van der Waals surface area contributed by atoms with E-state index >= 15 is 0 Å². The first kappa shape index (κ1) is 15.9. The SMILES string of the molecule is CCCC(C)(N)C(=O)NCCNC(=O)C(C)C. The fourth-order valence-corrected chi connectivity index (χ4v) is 1.40. The first-order chi connectivity index (χ1) is 7.81. The molecule has 0 saturated heterocycles. The first-order valence-corrected chi connectivity index (χ1v) is 6.16. The molecule has 2 amide bonds. The molecule has 0 spiro atoms. The fraction of sp³-hybridized carbons (Fsp3) is 0.833. The summed E-state index contributed by atoms with van der Waals surface area (Å²) in [5, 5.41) is 5.45. The van der Waals surface area contributed by atoms with Crippen molar-refractivity contribution < 1.29 is 9.59 Å². The van der Waals surface area contributed by atoms with Gasteiger partial charge in [0.1, 0.15) is 0 Å². The van der Waals surface area contributed by atoms with Crippen molar-refractivity contribution in [2.24, 2.45) is 11.7 Å². The van der Waals surface area contributed by atoms with Crippen LogP contribution in [0.4, 0.5) is 0 Å². The van der Waals surface area contributed by atoms with Crippen molar-refractivity contribution in [1.29, 1.82) is 0 Å². The van der Waals surface area contributed by atoms with Crippen molar-refractivity contribution >= 4 is 11.8 Å². The molecule has 0 fully saturated rings. The van der Waals surface area contributed by atoms with Crippen LogP contribution in [0.3, 0.4) is 0 Å². The lowest BCUT2D eigenvalue weighted by Crippen LogP contribution is -2.52. The van der Waals surface area contributed by atoms with E-state index in [0.29, 0.717) is 19.5 Å². The minimum Gasteiger partial charge on any atom is -0.354 e. The molecule has 5 nitrogen and oxygen atoms in total. The molecule has 100 valence electrons. The van der Waals surface area contributed by atoms with E-state index in [2.05, 4.69) is 10.6 Å². The van der Waals surface area contributed by atoms with Crippen LogP contribution in [-0.4, -0.2) is 30.4 Å². The van der Waals surface area contributed by atoms with Gasteiger partial charge in [0.2, 0.25) is 11.8 Å². The van der Waals surface area contributed by atoms with E-state index in [1.165, 1.54) is 0 Å². The van der Waals surface area contributed by atoms with Gasteiger partial charge in [-0.05, 0) is 13.3 Å². The van der Waals surface area contributed by atoms with Crippen LogP contribution >= 0.6 is 0 Å². The van der Waals surface area contributed by atoms with Gasteiger partial charge in [-0.3, -0.25) is 9.59 Å². The quantitative estimate of drug-likeness (QED) is 0.566. The van der Waals surface area contributed by atoms with E-state index in [1.807, 2.05) is 20.8 Å². The zero-order chi connectivity index (χ0) is 13.5. The van der Waals surface area contributed by atoms with Crippen LogP contribution in [0.25, 0.3) is 0 Å². The maximum atomic E-state index is 11.7. The van der Waals surface area contributed by atoms with Crippen LogP contribution in [0.5, 0.6) is 0 Å². The molecule has 5 heteroatoms. The lowest BCUT2D eigenvalue weighted by molar-refractivity contribution is -0.127. The highest BCUT2D eigenvalue weighted by Crippen LogP contribution is 2.07. The van der Waals surface area contributed by atoms with Gasteiger partial charge >= 0.3 is 0 Å². The van der Waals surface area contributed by atoms with E-state index in [4.69, 9.17) is 5.73 Å². The Hall–Kier alpha value is -1.10. The molecule has 0 aromatic heterocycles. The second kappa shape index (κ2) is 7.27. The number of rotatable bonds is 7. The van der Waals surface area contributed by atoms with Crippen LogP contribution in [0.15, 0.2) is 0 Å². The lowest BCUT2D eigenvalue weighted by atomic mass is 9.97. The molecule has 0 aromatic carbocycles. The van der Waals surface area contributed by atoms with Crippen molar-refractivity contribution in [3.8, 4) is 0 Å².